The number of nitrogens with one attached hydrogen (secondary N) is 1. The second-order valence-electron chi connectivity index (χ2n) is 5.49. The summed E-state index contributed by atoms with van der Waals surface area (Å²) in [6, 6.07) is 13.1. The van der Waals surface area contributed by atoms with Gasteiger partial charge in [-0.3, -0.25) is 5.32 Å². The van der Waals surface area contributed by atoms with Crippen LogP contribution in [0.2, 0.25) is 5.02 Å². The Bertz CT molecular complexity index is 1030. The number of carbonyl (C=O) groups is 1. The van der Waals surface area contributed by atoms with E-state index in [1.165, 1.54) is 19.7 Å². The lowest BCUT2D eigenvalue weighted by Gasteiger charge is -2.10. The summed E-state index contributed by atoms with van der Waals surface area (Å²) >= 11 is 5.88. The molecule has 9 nitrogen and oxygen atoms in total. The third kappa shape index (κ3) is 5.56. The molecule has 0 saturated heterocycles. The van der Waals surface area contributed by atoms with Crippen LogP contribution in [0.15, 0.2) is 60.0 Å². The van der Waals surface area contributed by atoms with Gasteiger partial charge in [-0.1, -0.05) is 22.8 Å². The molecular formula is C19H16ClN5O4. The molecule has 0 unspecified atom stereocenters. The van der Waals surface area contributed by atoms with Gasteiger partial charge < -0.3 is 20.0 Å². The SMILES string of the molecule is CO/N=C/c1c(N)ncnc1Oc1ccc(OC(=O)Nc2cccc(Cl)c2)cc1. The van der Waals surface area contributed by atoms with E-state index in [1.807, 2.05) is 0 Å². The molecule has 3 rings (SSSR count). The van der Waals surface area contributed by atoms with E-state index in [2.05, 4.69) is 25.3 Å². The fourth-order valence-electron chi connectivity index (χ4n) is 2.20. The number of nitrogens with two attached hydrogens (primary N) is 1. The van der Waals surface area contributed by atoms with Crippen LogP contribution in [0.1, 0.15) is 5.56 Å². The molecule has 148 valence electrons. The Morgan fingerprint density at radius 3 is 2.66 bits per heavy atom. The molecule has 1 aromatic heterocycles. The van der Waals surface area contributed by atoms with Crippen molar-refractivity contribution in [3.05, 3.63) is 65.4 Å². The summed E-state index contributed by atoms with van der Waals surface area (Å²) in [4.78, 5) is 24.6. The summed E-state index contributed by atoms with van der Waals surface area (Å²) in [6.07, 6.45) is 1.97. The molecule has 0 radical (unpaired) electrons. The molecule has 29 heavy (non-hydrogen) atoms. The second kappa shape index (κ2) is 9.38. The van der Waals surface area contributed by atoms with Crippen LogP contribution in [0, 0.1) is 0 Å². The molecule has 0 atom stereocenters. The van der Waals surface area contributed by atoms with Gasteiger partial charge in [-0.2, -0.15) is 0 Å². The number of benzene rings is 2. The van der Waals surface area contributed by atoms with Crippen LogP contribution in [-0.4, -0.2) is 29.4 Å². The zero-order valence-electron chi connectivity index (χ0n) is 15.2. The van der Waals surface area contributed by atoms with Crippen molar-refractivity contribution < 1.29 is 19.1 Å². The first-order valence-electron chi connectivity index (χ1n) is 8.24. The normalized spacial score (nSPS) is 10.6. The van der Waals surface area contributed by atoms with Crippen LogP contribution in [0.5, 0.6) is 17.4 Å². The Kier molecular flexibility index (Phi) is 6.43. The third-order valence-electron chi connectivity index (χ3n) is 3.49. The molecule has 2 aromatic carbocycles. The Labute approximate surface area is 171 Å². The molecule has 3 aromatic rings. The van der Waals surface area contributed by atoms with Gasteiger partial charge in [0.15, 0.2) is 0 Å². The number of nitrogen functional groups attached to an aromatic ring is 1. The molecule has 0 bridgehead atoms. The fourth-order valence-corrected chi connectivity index (χ4v) is 2.39. The standard InChI is InChI=1S/C19H16ClN5O4/c1-27-24-10-16-17(21)22-11-23-18(16)28-14-5-7-15(8-6-14)29-19(26)25-13-4-2-3-12(20)9-13/h2-11H,1H3,(H,25,26)(H2,21,22,23)/b24-10+. The van der Waals surface area contributed by atoms with Crippen molar-refractivity contribution in [1.29, 1.82) is 0 Å². The maximum absolute atomic E-state index is 12.0. The predicted molar refractivity (Wildman–Crippen MR) is 109 cm³/mol. The van der Waals surface area contributed by atoms with Crippen molar-refractivity contribution in [1.82, 2.24) is 9.97 Å². The van der Waals surface area contributed by atoms with Crippen molar-refractivity contribution in [2.24, 2.45) is 5.16 Å². The number of nitrogens with zero attached hydrogens (tertiary/aromatic N) is 3. The lowest BCUT2D eigenvalue weighted by atomic mass is 10.3. The Morgan fingerprint density at radius 1 is 1.17 bits per heavy atom. The van der Waals surface area contributed by atoms with E-state index in [0.29, 0.717) is 27.8 Å². The molecule has 0 aliphatic rings. The van der Waals surface area contributed by atoms with Gasteiger partial charge in [-0.25, -0.2) is 14.8 Å². The van der Waals surface area contributed by atoms with E-state index >= 15 is 0 Å². The number of anilines is 2. The van der Waals surface area contributed by atoms with Gasteiger partial charge in [0, 0.05) is 10.7 Å². The van der Waals surface area contributed by atoms with Crippen molar-refractivity contribution in [2.45, 2.75) is 0 Å². The first-order valence-corrected chi connectivity index (χ1v) is 8.62. The molecule has 1 amide bonds. The van der Waals surface area contributed by atoms with Crippen molar-refractivity contribution >= 4 is 35.4 Å². The number of hydrogen-bond donors (Lipinski definition) is 2. The maximum Gasteiger partial charge on any atom is 0.417 e. The number of halogens is 1. The molecule has 3 N–H and O–H groups in total. The van der Waals surface area contributed by atoms with Crippen LogP contribution >= 0.6 is 11.6 Å². The number of rotatable bonds is 6. The number of oxime groups is 1. The zero-order chi connectivity index (χ0) is 20.6. The fraction of sp³-hybridized carbons (Fsp3) is 0.0526. The van der Waals surface area contributed by atoms with Crippen molar-refractivity contribution in [3.63, 3.8) is 0 Å². The largest absolute Gasteiger partial charge is 0.438 e. The summed E-state index contributed by atoms with van der Waals surface area (Å²) < 4.78 is 10.9. The molecule has 0 saturated carbocycles. The second-order valence-corrected chi connectivity index (χ2v) is 5.93. The van der Waals surface area contributed by atoms with E-state index in [9.17, 15) is 4.79 Å². The summed E-state index contributed by atoms with van der Waals surface area (Å²) in [5.41, 5.74) is 6.71. The minimum Gasteiger partial charge on any atom is -0.438 e. The number of hydrogen-bond acceptors (Lipinski definition) is 8. The first kappa shape index (κ1) is 19.9. The highest BCUT2D eigenvalue weighted by Gasteiger charge is 2.11. The van der Waals surface area contributed by atoms with Crippen LogP contribution in [0.25, 0.3) is 0 Å². The first-order chi connectivity index (χ1) is 14.0. The zero-order valence-corrected chi connectivity index (χ0v) is 16.0. The molecule has 1 heterocycles. The van der Waals surface area contributed by atoms with Crippen molar-refractivity contribution in [3.8, 4) is 17.4 Å². The number of carbonyl (C=O) groups excluding carboxylic acids is 1. The van der Waals surface area contributed by atoms with E-state index < -0.39 is 6.09 Å². The van der Waals surface area contributed by atoms with Gasteiger partial charge >= 0.3 is 6.09 Å². The van der Waals surface area contributed by atoms with Crippen LogP contribution in [-0.2, 0) is 4.84 Å². The topological polar surface area (TPSA) is 121 Å². The monoisotopic (exact) mass is 413 g/mol. The maximum atomic E-state index is 12.0. The quantitative estimate of drug-likeness (QED) is 0.461. The van der Waals surface area contributed by atoms with Gasteiger partial charge in [0.05, 0.1) is 6.21 Å². The van der Waals surface area contributed by atoms with E-state index in [0.717, 1.165) is 0 Å². The lowest BCUT2D eigenvalue weighted by molar-refractivity contribution is 0.215. The number of amides is 1. The van der Waals surface area contributed by atoms with E-state index in [1.54, 1.807) is 48.5 Å². The van der Waals surface area contributed by atoms with E-state index in [-0.39, 0.29) is 11.7 Å². The average Bonchev–Trinajstić information content (AvgIpc) is 2.69. The number of ether oxygens (including phenoxy) is 2. The van der Waals surface area contributed by atoms with Crippen LogP contribution < -0.4 is 20.5 Å². The van der Waals surface area contributed by atoms with Crippen LogP contribution in [0.3, 0.4) is 0 Å². The lowest BCUT2D eigenvalue weighted by Crippen LogP contribution is -2.16. The molecule has 0 aliphatic heterocycles. The average molecular weight is 414 g/mol. The Hall–Kier alpha value is -3.85. The highest BCUT2D eigenvalue weighted by atomic mass is 35.5. The third-order valence-corrected chi connectivity index (χ3v) is 3.72. The van der Waals surface area contributed by atoms with Crippen molar-refractivity contribution in [2.75, 3.05) is 18.2 Å². The smallest absolute Gasteiger partial charge is 0.417 e. The summed E-state index contributed by atoms with van der Waals surface area (Å²) in [5, 5.41) is 6.74. The minimum absolute atomic E-state index is 0.188. The summed E-state index contributed by atoms with van der Waals surface area (Å²) in [5.74, 6) is 1.15. The van der Waals surface area contributed by atoms with Gasteiger partial charge in [0.1, 0.15) is 36.3 Å². The Morgan fingerprint density at radius 2 is 1.93 bits per heavy atom. The summed E-state index contributed by atoms with van der Waals surface area (Å²) in [6.45, 7) is 0. The highest BCUT2D eigenvalue weighted by molar-refractivity contribution is 6.30. The molecule has 0 spiro atoms. The summed E-state index contributed by atoms with van der Waals surface area (Å²) in [7, 11) is 1.40. The van der Waals surface area contributed by atoms with Gasteiger partial charge in [0.2, 0.25) is 5.88 Å². The Balaban J connectivity index is 1.66. The number of aromatic nitrogens is 2. The molecule has 0 aliphatic carbocycles. The molecule has 10 heteroatoms. The molecule has 0 fully saturated rings. The predicted octanol–water partition coefficient (Wildman–Crippen LogP) is 4.10. The highest BCUT2D eigenvalue weighted by Crippen LogP contribution is 2.26. The van der Waals surface area contributed by atoms with Gasteiger partial charge in [0.25, 0.3) is 0 Å². The van der Waals surface area contributed by atoms with Gasteiger partial charge in [-0.05, 0) is 42.5 Å². The molecular weight excluding hydrogens is 398 g/mol. The van der Waals surface area contributed by atoms with Gasteiger partial charge in [-0.15, -0.1) is 0 Å². The van der Waals surface area contributed by atoms with E-state index in [4.69, 9.17) is 26.8 Å². The minimum atomic E-state index is -0.650. The van der Waals surface area contributed by atoms with Crippen LogP contribution in [0.4, 0.5) is 16.3 Å².